The van der Waals surface area contributed by atoms with Gasteiger partial charge in [0.1, 0.15) is 0 Å². The number of carbonyl (C=O) groups excluding carboxylic acids is 1. The maximum absolute atomic E-state index is 12.5. The van der Waals surface area contributed by atoms with Gasteiger partial charge < -0.3 is 4.90 Å². The van der Waals surface area contributed by atoms with Crippen LogP contribution in [0, 0.1) is 0 Å². The summed E-state index contributed by atoms with van der Waals surface area (Å²) in [4.78, 5) is 14.4. The average molecular weight is 349 g/mol. The molecule has 0 aliphatic heterocycles. The van der Waals surface area contributed by atoms with Gasteiger partial charge in [0.05, 0.1) is 5.69 Å². The van der Waals surface area contributed by atoms with Gasteiger partial charge in [-0.25, -0.2) is 0 Å². The minimum Gasteiger partial charge on any atom is -0.339 e. The molecular weight excluding hydrogens is 326 g/mol. The van der Waals surface area contributed by atoms with Gasteiger partial charge in [-0.3, -0.25) is 4.79 Å². The summed E-state index contributed by atoms with van der Waals surface area (Å²) in [5.41, 5.74) is 2.08. The summed E-state index contributed by atoms with van der Waals surface area (Å²) >= 11 is 0. The zero-order valence-corrected chi connectivity index (χ0v) is 15.0. The van der Waals surface area contributed by atoms with Crippen molar-refractivity contribution in [3.63, 3.8) is 0 Å². The maximum Gasteiger partial charge on any atom is 0.222 e. The van der Waals surface area contributed by atoms with Crippen LogP contribution in [0.4, 0.5) is 0 Å². The molecule has 0 radical (unpaired) electrons. The summed E-state index contributed by atoms with van der Waals surface area (Å²) in [7, 11) is 0. The highest BCUT2D eigenvalue weighted by Gasteiger charge is 2.13. The van der Waals surface area contributed by atoms with Crippen molar-refractivity contribution in [1.29, 1.82) is 0 Å². The molecule has 2 aromatic carbocycles. The van der Waals surface area contributed by atoms with Crippen LogP contribution >= 0.6 is 0 Å². The van der Waals surface area contributed by atoms with Gasteiger partial charge in [-0.1, -0.05) is 48.5 Å². The van der Waals surface area contributed by atoms with Crippen molar-refractivity contribution < 1.29 is 4.79 Å². The van der Waals surface area contributed by atoms with Gasteiger partial charge in [-0.15, -0.1) is 5.10 Å². The number of hydrogen-bond acceptors (Lipinski definition) is 4. The third-order valence-corrected chi connectivity index (χ3v) is 4.28. The van der Waals surface area contributed by atoms with Crippen molar-refractivity contribution in [3.8, 4) is 5.69 Å². The molecule has 6 nitrogen and oxygen atoms in total. The molecule has 0 N–H and O–H groups in total. The van der Waals surface area contributed by atoms with Crippen LogP contribution in [-0.4, -0.2) is 37.6 Å². The molecule has 1 aromatic heterocycles. The summed E-state index contributed by atoms with van der Waals surface area (Å²) in [5, 5.41) is 11.9. The molecule has 6 heteroatoms. The van der Waals surface area contributed by atoms with Gasteiger partial charge in [0.25, 0.3) is 0 Å². The first-order valence-electron chi connectivity index (χ1n) is 8.92. The lowest BCUT2D eigenvalue weighted by Crippen LogP contribution is -2.30. The van der Waals surface area contributed by atoms with Crippen LogP contribution in [0.3, 0.4) is 0 Å². The SMILES string of the molecule is CCN(Cc1ccccc1)C(=O)CCCc1nnnn1-c1ccccc1. The van der Waals surface area contributed by atoms with E-state index in [9.17, 15) is 4.79 Å². The molecule has 0 aliphatic rings. The molecule has 1 heterocycles. The number of aromatic nitrogens is 4. The molecule has 3 aromatic rings. The molecule has 0 saturated carbocycles. The summed E-state index contributed by atoms with van der Waals surface area (Å²) in [6, 6.07) is 19.9. The Kier molecular flexibility index (Phi) is 6.09. The van der Waals surface area contributed by atoms with Crippen LogP contribution in [0.1, 0.15) is 31.2 Å². The molecule has 0 atom stereocenters. The molecule has 0 unspecified atom stereocenters. The molecule has 3 rings (SSSR count). The van der Waals surface area contributed by atoms with Crippen LogP contribution in [0.15, 0.2) is 60.7 Å². The average Bonchev–Trinajstić information content (AvgIpc) is 3.16. The Morgan fingerprint density at radius 3 is 2.42 bits per heavy atom. The predicted molar refractivity (Wildman–Crippen MR) is 99.6 cm³/mol. The lowest BCUT2D eigenvalue weighted by Gasteiger charge is -2.21. The van der Waals surface area contributed by atoms with E-state index in [2.05, 4.69) is 15.5 Å². The Labute approximate surface area is 153 Å². The summed E-state index contributed by atoms with van der Waals surface area (Å²) in [6.07, 6.45) is 1.87. The number of rotatable bonds is 8. The molecule has 134 valence electrons. The Bertz CT molecular complexity index is 816. The number of hydrogen-bond donors (Lipinski definition) is 0. The fourth-order valence-corrected chi connectivity index (χ4v) is 2.87. The van der Waals surface area contributed by atoms with E-state index in [4.69, 9.17) is 0 Å². The van der Waals surface area contributed by atoms with E-state index in [1.54, 1.807) is 4.68 Å². The van der Waals surface area contributed by atoms with Gasteiger partial charge in [-0.05, 0) is 41.5 Å². The van der Waals surface area contributed by atoms with Crippen molar-refractivity contribution in [2.24, 2.45) is 0 Å². The normalized spacial score (nSPS) is 10.7. The van der Waals surface area contributed by atoms with Crippen molar-refractivity contribution in [1.82, 2.24) is 25.1 Å². The molecule has 0 spiro atoms. The van der Waals surface area contributed by atoms with Crippen molar-refractivity contribution >= 4 is 5.91 Å². The molecule has 1 amide bonds. The zero-order valence-electron chi connectivity index (χ0n) is 15.0. The fraction of sp³-hybridized carbons (Fsp3) is 0.300. The van der Waals surface area contributed by atoms with E-state index in [0.717, 1.165) is 23.5 Å². The number of para-hydroxylation sites is 1. The second-order valence-electron chi connectivity index (χ2n) is 6.09. The Morgan fingerprint density at radius 1 is 1.04 bits per heavy atom. The Hall–Kier alpha value is -3.02. The molecule has 0 fully saturated rings. The highest BCUT2D eigenvalue weighted by atomic mass is 16.2. The largest absolute Gasteiger partial charge is 0.339 e. The van der Waals surface area contributed by atoms with Gasteiger partial charge >= 0.3 is 0 Å². The van der Waals surface area contributed by atoms with E-state index < -0.39 is 0 Å². The van der Waals surface area contributed by atoms with Gasteiger partial charge in [0.2, 0.25) is 5.91 Å². The minimum atomic E-state index is 0.162. The van der Waals surface area contributed by atoms with E-state index in [1.165, 1.54) is 0 Å². The molecule has 0 aliphatic carbocycles. The van der Waals surface area contributed by atoms with Gasteiger partial charge in [-0.2, -0.15) is 4.68 Å². The zero-order chi connectivity index (χ0) is 18.2. The highest BCUT2D eigenvalue weighted by Crippen LogP contribution is 2.11. The van der Waals surface area contributed by atoms with E-state index in [0.29, 0.717) is 25.9 Å². The standard InChI is InChI=1S/C20H23N5O/c1-2-24(16-17-10-5-3-6-11-17)20(26)15-9-14-19-21-22-23-25(19)18-12-7-4-8-13-18/h3-8,10-13H,2,9,14-16H2,1H3. The summed E-state index contributed by atoms with van der Waals surface area (Å²) in [6.45, 7) is 3.37. The first kappa shape index (κ1) is 17.8. The predicted octanol–water partition coefficient (Wildman–Crippen LogP) is 3.03. The Morgan fingerprint density at radius 2 is 1.73 bits per heavy atom. The number of nitrogens with zero attached hydrogens (tertiary/aromatic N) is 5. The number of tetrazole rings is 1. The molecule has 26 heavy (non-hydrogen) atoms. The van der Waals surface area contributed by atoms with Gasteiger partial charge in [0.15, 0.2) is 5.82 Å². The lowest BCUT2D eigenvalue weighted by atomic mass is 10.1. The smallest absolute Gasteiger partial charge is 0.222 e. The maximum atomic E-state index is 12.5. The van der Waals surface area contributed by atoms with E-state index in [-0.39, 0.29) is 5.91 Å². The molecular formula is C20H23N5O. The topological polar surface area (TPSA) is 63.9 Å². The second-order valence-corrected chi connectivity index (χ2v) is 6.09. The van der Waals surface area contributed by atoms with Crippen LogP contribution in [0.5, 0.6) is 0 Å². The van der Waals surface area contributed by atoms with Gasteiger partial charge in [0, 0.05) is 25.9 Å². The fourth-order valence-electron chi connectivity index (χ4n) is 2.87. The van der Waals surface area contributed by atoms with Crippen LogP contribution in [0.2, 0.25) is 0 Å². The van der Waals surface area contributed by atoms with Crippen LogP contribution < -0.4 is 0 Å². The third kappa shape index (κ3) is 4.53. The number of carbonyl (C=O) groups is 1. The van der Waals surface area contributed by atoms with Crippen molar-refractivity contribution in [2.75, 3.05) is 6.54 Å². The Balaban J connectivity index is 1.55. The van der Waals surface area contributed by atoms with Crippen LogP contribution in [-0.2, 0) is 17.8 Å². The quantitative estimate of drug-likeness (QED) is 0.627. The number of aryl methyl sites for hydroxylation is 1. The number of benzene rings is 2. The first-order valence-corrected chi connectivity index (χ1v) is 8.92. The van der Waals surface area contributed by atoms with Crippen molar-refractivity contribution in [3.05, 3.63) is 72.1 Å². The van der Waals surface area contributed by atoms with Crippen molar-refractivity contribution in [2.45, 2.75) is 32.7 Å². The molecule has 0 bridgehead atoms. The summed E-state index contributed by atoms with van der Waals surface area (Å²) < 4.78 is 1.73. The highest BCUT2D eigenvalue weighted by molar-refractivity contribution is 5.76. The number of amides is 1. The monoisotopic (exact) mass is 349 g/mol. The summed E-state index contributed by atoms with van der Waals surface area (Å²) in [5.74, 6) is 0.935. The molecule has 0 saturated heterocycles. The van der Waals surface area contributed by atoms with Crippen LogP contribution in [0.25, 0.3) is 5.69 Å². The van der Waals surface area contributed by atoms with E-state index >= 15 is 0 Å². The second kappa shape index (κ2) is 8.89. The minimum absolute atomic E-state index is 0.162. The first-order chi connectivity index (χ1) is 12.8. The lowest BCUT2D eigenvalue weighted by molar-refractivity contribution is -0.131. The van der Waals surface area contributed by atoms with E-state index in [1.807, 2.05) is 72.5 Å². The third-order valence-electron chi connectivity index (χ3n) is 4.28.